The van der Waals surface area contributed by atoms with Crippen molar-refractivity contribution in [3.63, 3.8) is 0 Å². The number of hydrogen-bond acceptors (Lipinski definition) is 4. The third-order valence-electron chi connectivity index (χ3n) is 5.70. The van der Waals surface area contributed by atoms with Crippen LogP contribution in [0, 0.1) is 11.6 Å². The number of pyridine rings is 2. The third kappa shape index (κ3) is 3.77. The van der Waals surface area contributed by atoms with Crippen LogP contribution in [0.5, 0.6) is 0 Å². The number of nitrogens with zero attached hydrogens (tertiary/aromatic N) is 2. The smallest absolute Gasteiger partial charge is 0.258 e. The third-order valence-corrected chi connectivity index (χ3v) is 5.70. The number of halogens is 2. The molecule has 0 saturated heterocycles. The average molecular weight is 430 g/mol. The second-order valence-electron chi connectivity index (χ2n) is 7.78. The molecule has 0 aliphatic heterocycles. The lowest BCUT2D eigenvalue weighted by Gasteiger charge is -2.19. The molecule has 0 spiro atoms. The molecule has 0 radical (unpaired) electrons. The van der Waals surface area contributed by atoms with Gasteiger partial charge in [0, 0.05) is 23.5 Å². The van der Waals surface area contributed by atoms with Crippen LogP contribution in [0.25, 0.3) is 11.0 Å². The molecule has 0 saturated carbocycles. The molecule has 0 bridgehead atoms. The van der Waals surface area contributed by atoms with Crippen LogP contribution < -0.4 is 10.6 Å². The van der Waals surface area contributed by atoms with Crippen molar-refractivity contribution in [2.75, 3.05) is 10.6 Å². The number of benzene rings is 2. The highest BCUT2D eigenvalue weighted by atomic mass is 19.1. The number of hydrogen-bond donors (Lipinski definition) is 2. The number of carbonyl (C=O) groups excluding carboxylic acids is 1. The molecule has 2 aromatic heterocycles. The summed E-state index contributed by atoms with van der Waals surface area (Å²) in [5, 5.41) is 6.65. The van der Waals surface area contributed by atoms with E-state index >= 15 is 0 Å². The van der Waals surface area contributed by atoms with Crippen LogP contribution in [0.1, 0.15) is 34.3 Å². The largest absolute Gasteiger partial charge is 0.355 e. The molecule has 1 aliphatic rings. The molecule has 4 aromatic rings. The first-order valence-corrected chi connectivity index (χ1v) is 10.5. The Labute approximate surface area is 183 Å². The lowest BCUT2D eigenvalue weighted by Crippen LogP contribution is -2.14. The Balaban J connectivity index is 1.43. The van der Waals surface area contributed by atoms with E-state index < -0.39 is 17.5 Å². The Morgan fingerprint density at radius 2 is 1.75 bits per heavy atom. The number of aryl methyl sites for hydroxylation is 2. The highest BCUT2D eigenvalue weighted by Gasteiger charge is 2.17. The first-order valence-electron chi connectivity index (χ1n) is 10.5. The zero-order valence-corrected chi connectivity index (χ0v) is 17.2. The van der Waals surface area contributed by atoms with E-state index in [2.05, 4.69) is 20.6 Å². The van der Waals surface area contributed by atoms with Crippen LogP contribution in [-0.2, 0) is 12.8 Å². The number of nitrogens with one attached hydrogen (secondary N) is 2. The van der Waals surface area contributed by atoms with E-state index in [-0.39, 0.29) is 11.3 Å². The van der Waals surface area contributed by atoms with Crippen LogP contribution in [0.2, 0.25) is 0 Å². The van der Waals surface area contributed by atoms with Gasteiger partial charge in [0.15, 0.2) is 5.65 Å². The topological polar surface area (TPSA) is 66.9 Å². The summed E-state index contributed by atoms with van der Waals surface area (Å²) in [6.45, 7) is 0. The molecule has 2 heterocycles. The molecule has 5 nitrogen and oxygen atoms in total. The fraction of sp³-hybridized carbons (Fsp3) is 0.160. The second-order valence-corrected chi connectivity index (χ2v) is 7.78. The van der Waals surface area contributed by atoms with Crippen LogP contribution in [0.3, 0.4) is 0 Å². The fourth-order valence-electron chi connectivity index (χ4n) is 4.13. The van der Waals surface area contributed by atoms with Crippen molar-refractivity contribution < 1.29 is 13.6 Å². The molecule has 1 aliphatic carbocycles. The van der Waals surface area contributed by atoms with Crippen molar-refractivity contribution in [3.05, 3.63) is 89.2 Å². The lowest BCUT2D eigenvalue weighted by molar-refractivity contribution is 0.102. The molecular weight excluding hydrogens is 410 g/mol. The van der Waals surface area contributed by atoms with Gasteiger partial charge in [0.05, 0.1) is 16.9 Å². The molecular formula is C25H20F2N4O. The highest BCUT2D eigenvalue weighted by molar-refractivity contribution is 6.04. The molecule has 5 rings (SSSR count). The first-order chi connectivity index (χ1) is 15.6. The number of fused-ring (bicyclic) bond motifs is 3. The van der Waals surface area contributed by atoms with Gasteiger partial charge in [0.25, 0.3) is 5.91 Å². The van der Waals surface area contributed by atoms with Gasteiger partial charge in [-0.05, 0) is 73.2 Å². The van der Waals surface area contributed by atoms with Crippen LogP contribution in [0.15, 0.2) is 60.9 Å². The monoisotopic (exact) mass is 430 g/mol. The zero-order valence-electron chi connectivity index (χ0n) is 17.2. The van der Waals surface area contributed by atoms with Gasteiger partial charge in [0.1, 0.15) is 11.6 Å². The minimum atomic E-state index is -0.708. The molecule has 2 N–H and O–H groups in total. The van der Waals surface area contributed by atoms with Crippen molar-refractivity contribution in [2.24, 2.45) is 0 Å². The van der Waals surface area contributed by atoms with Crippen LogP contribution in [-0.4, -0.2) is 15.9 Å². The number of carbonyl (C=O) groups is 1. The molecule has 7 heteroatoms. The van der Waals surface area contributed by atoms with Crippen molar-refractivity contribution in [2.45, 2.75) is 25.7 Å². The Bertz CT molecular complexity index is 1340. The number of rotatable bonds is 4. The summed E-state index contributed by atoms with van der Waals surface area (Å²) in [5.74, 6) is -2.00. The molecule has 0 atom stereocenters. The predicted octanol–water partition coefficient (Wildman–Crippen LogP) is 5.78. The van der Waals surface area contributed by atoms with Crippen LogP contribution in [0.4, 0.5) is 25.8 Å². The summed E-state index contributed by atoms with van der Waals surface area (Å²) < 4.78 is 28.6. The van der Waals surface area contributed by atoms with E-state index in [4.69, 9.17) is 0 Å². The standard InChI is InChI=1S/C25H20F2N4O/c26-19-8-4-3-7-18(19)25(32)31-21-10-9-16(13-20(21)27)30-22-11-12-28-24-23(22)17-6-2-1-5-15(17)14-29-24/h3-4,7-14H,1-2,5-6H2,(H,31,32)(H,28,29,30). The fourth-order valence-corrected chi connectivity index (χ4v) is 4.13. The molecule has 160 valence electrons. The van der Waals surface area contributed by atoms with E-state index in [9.17, 15) is 13.6 Å². The van der Waals surface area contributed by atoms with Gasteiger partial charge < -0.3 is 10.6 Å². The predicted molar refractivity (Wildman–Crippen MR) is 120 cm³/mol. The van der Waals surface area contributed by atoms with E-state index in [1.54, 1.807) is 18.3 Å². The van der Waals surface area contributed by atoms with Crippen LogP contribution >= 0.6 is 0 Å². The van der Waals surface area contributed by atoms with Gasteiger partial charge in [-0.15, -0.1) is 0 Å². The van der Waals surface area contributed by atoms with Crippen molar-refractivity contribution in [1.82, 2.24) is 9.97 Å². The maximum Gasteiger partial charge on any atom is 0.258 e. The normalized spacial score (nSPS) is 12.9. The minimum Gasteiger partial charge on any atom is -0.355 e. The number of amides is 1. The quantitative estimate of drug-likeness (QED) is 0.431. The number of aromatic nitrogens is 2. The van der Waals surface area contributed by atoms with E-state index in [1.807, 2.05) is 12.3 Å². The van der Waals surface area contributed by atoms with E-state index in [1.165, 1.54) is 41.5 Å². The average Bonchev–Trinajstić information content (AvgIpc) is 2.81. The van der Waals surface area contributed by atoms with Gasteiger partial charge in [-0.2, -0.15) is 0 Å². The minimum absolute atomic E-state index is 0.0255. The molecule has 2 aromatic carbocycles. The SMILES string of the molecule is O=C(Nc1ccc(Nc2ccnc3ncc4c(c23)CCCC4)cc1F)c1ccccc1F. The highest BCUT2D eigenvalue weighted by Crippen LogP contribution is 2.33. The molecule has 0 fully saturated rings. The maximum absolute atomic E-state index is 14.7. The Hall–Kier alpha value is -3.87. The Morgan fingerprint density at radius 3 is 2.59 bits per heavy atom. The summed E-state index contributed by atoms with van der Waals surface area (Å²) in [6, 6.07) is 11.8. The van der Waals surface area contributed by atoms with E-state index in [0.717, 1.165) is 36.8 Å². The summed E-state index contributed by atoms with van der Waals surface area (Å²) in [4.78, 5) is 21.2. The maximum atomic E-state index is 14.7. The van der Waals surface area contributed by atoms with Crippen molar-refractivity contribution >= 4 is 34.0 Å². The van der Waals surface area contributed by atoms with Crippen molar-refractivity contribution in [3.8, 4) is 0 Å². The summed E-state index contributed by atoms with van der Waals surface area (Å²) in [7, 11) is 0. The lowest BCUT2D eigenvalue weighted by atomic mass is 9.90. The summed E-state index contributed by atoms with van der Waals surface area (Å²) in [5.41, 5.74) is 4.29. The van der Waals surface area contributed by atoms with Gasteiger partial charge in [-0.1, -0.05) is 12.1 Å². The van der Waals surface area contributed by atoms with Gasteiger partial charge >= 0.3 is 0 Å². The first kappa shape index (κ1) is 20.1. The number of anilines is 3. The Morgan fingerprint density at radius 1 is 0.906 bits per heavy atom. The van der Waals surface area contributed by atoms with Gasteiger partial charge in [-0.3, -0.25) is 4.79 Å². The molecule has 32 heavy (non-hydrogen) atoms. The summed E-state index contributed by atoms with van der Waals surface area (Å²) in [6.07, 6.45) is 7.80. The van der Waals surface area contributed by atoms with Crippen molar-refractivity contribution in [1.29, 1.82) is 0 Å². The van der Waals surface area contributed by atoms with Gasteiger partial charge in [-0.25, -0.2) is 18.7 Å². The second kappa shape index (κ2) is 8.34. The zero-order chi connectivity index (χ0) is 22.1. The molecule has 1 amide bonds. The molecule has 0 unspecified atom stereocenters. The van der Waals surface area contributed by atoms with Gasteiger partial charge in [0.2, 0.25) is 0 Å². The Kier molecular flexibility index (Phi) is 5.23. The van der Waals surface area contributed by atoms with E-state index in [0.29, 0.717) is 11.3 Å². The summed E-state index contributed by atoms with van der Waals surface area (Å²) >= 11 is 0.